The summed E-state index contributed by atoms with van der Waals surface area (Å²) in [6, 6.07) is 10.4. The number of thioether (sulfide) groups is 1. The van der Waals surface area contributed by atoms with Gasteiger partial charge >= 0.3 is 0 Å². The molecule has 0 spiro atoms. The van der Waals surface area contributed by atoms with Gasteiger partial charge < -0.3 is 5.73 Å². The fourth-order valence-corrected chi connectivity index (χ4v) is 2.86. The van der Waals surface area contributed by atoms with Crippen molar-refractivity contribution in [3.63, 3.8) is 0 Å². The van der Waals surface area contributed by atoms with Crippen LogP contribution >= 0.6 is 11.8 Å². The molecule has 2 N–H and O–H groups in total. The molecule has 0 fully saturated rings. The Morgan fingerprint density at radius 3 is 2.69 bits per heavy atom. The SMILES string of the molecule is Cc1ccccc1SC(C)CC(C)(N)C#N. The minimum atomic E-state index is -0.727. The van der Waals surface area contributed by atoms with Gasteiger partial charge in [0.2, 0.25) is 0 Å². The lowest BCUT2D eigenvalue weighted by molar-refractivity contribution is 0.545. The van der Waals surface area contributed by atoms with Crippen LogP contribution in [-0.4, -0.2) is 10.8 Å². The smallest absolute Gasteiger partial charge is 0.102 e. The zero-order valence-electron chi connectivity index (χ0n) is 10.0. The molecule has 0 radical (unpaired) electrons. The third-order valence-electron chi connectivity index (χ3n) is 2.39. The van der Waals surface area contributed by atoms with Crippen molar-refractivity contribution in [3.8, 4) is 6.07 Å². The molecule has 0 amide bonds. The monoisotopic (exact) mass is 234 g/mol. The summed E-state index contributed by atoms with van der Waals surface area (Å²) in [6.07, 6.45) is 0.697. The van der Waals surface area contributed by atoms with Gasteiger partial charge in [-0.05, 0) is 31.9 Å². The molecular weight excluding hydrogens is 216 g/mol. The zero-order valence-corrected chi connectivity index (χ0v) is 10.8. The number of nitrogens with zero attached hydrogens (tertiary/aromatic N) is 1. The molecule has 0 saturated heterocycles. The molecule has 1 aromatic carbocycles. The van der Waals surface area contributed by atoms with E-state index in [9.17, 15) is 0 Å². The van der Waals surface area contributed by atoms with Crippen LogP contribution in [0.4, 0.5) is 0 Å². The number of nitriles is 1. The summed E-state index contributed by atoms with van der Waals surface area (Å²) in [5, 5.41) is 9.22. The molecule has 0 saturated carbocycles. The lowest BCUT2D eigenvalue weighted by Crippen LogP contribution is -2.36. The van der Waals surface area contributed by atoms with E-state index in [1.165, 1.54) is 10.5 Å². The molecular formula is C13H18N2S. The van der Waals surface area contributed by atoms with Crippen molar-refractivity contribution >= 4 is 11.8 Å². The number of benzene rings is 1. The highest BCUT2D eigenvalue weighted by molar-refractivity contribution is 8.00. The molecule has 1 rings (SSSR count). The van der Waals surface area contributed by atoms with Crippen molar-refractivity contribution in [1.29, 1.82) is 5.26 Å². The molecule has 1 aromatic rings. The highest BCUT2D eigenvalue weighted by atomic mass is 32.2. The number of rotatable bonds is 4. The van der Waals surface area contributed by atoms with Crippen molar-refractivity contribution < 1.29 is 0 Å². The van der Waals surface area contributed by atoms with Crippen LogP contribution in [0.3, 0.4) is 0 Å². The highest BCUT2D eigenvalue weighted by Gasteiger charge is 2.21. The molecule has 2 nitrogen and oxygen atoms in total. The first-order chi connectivity index (χ1) is 7.44. The lowest BCUT2D eigenvalue weighted by atomic mass is 10.00. The Bertz CT molecular complexity index is 393. The Hall–Kier alpha value is -0.980. The molecule has 2 atom stereocenters. The normalized spacial score (nSPS) is 16.2. The molecule has 16 heavy (non-hydrogen) atoms. The van der Waals surface area contributed by atoms with Crippen LogP contribution in [0.25, 0.3) is 0 Å². The van der Waals surface area contributed by atoms with E-state index in [1.54, 1.807) is 18.7 Å². The van der Waals surface area contributed by atoms with E-state index in [0.717, 1.165) is 0 Å². The molecule has 0 heterocycles. The van der Waals surface area contributed by atoms with E-state index in [2.05, 4.69) is 32.0 Å². The fourth-order valence-electron chi connectivity index (χ4n) is 1.59. The van der Waals surface area contributed by atoms with Gasteiger partial charge in [0.1, 0.15) is 5.54 Å². The highest BCUT2D eigenvalue weighted by Crippen LogP contribution is 2.29. The van der Waals surface area contributed by atoms with Crippen molar-refractivity contribution in [2.75, 3.05) is 0 Å². The first-order valence-corrected chi connectivity index (χ1v) is 6.25. The minimum Gasteiger partial charge on any atom is -0.314 e. The van der Waals surface area contributed by atoms with Crippen LogP contribution in [0, 0.1) is 18.3 Å². The number of hydrogen-bond donors (Lipinski definition) is 1. The molecule has 0 aliphatic rings. The average Bonchev–Trinajstić information content (AvgIpc) is 2.21. The number of aryl methyl sites for hydroxylation is 1. The largest absolute Gasteiger partial charge is 0.314 e. The molecule has 0 bridgehead atoms. The molecule has 3 heteroatoms. The summed E-state index contributed by atoms with van der Waals surface area (Å²) in [5.74, 6) is 0. The zero-order chi connectivity index (χ0) is 12.2. The van der Waals surface area contributed by atoms with Crippen molar-refractivity contribution in [1.82, 2.24) is 0 Å². The topological polar surface area (TPSA) is 49.8 Å². The third kappa shape index (κ3) is 3.88. The summed E-state index contributed by atoms with van der Waals surface area (Å²) in [4.78, 5) is 1.27. The van der Waals surface area contributed by atoms with Crippen LogP contribution < -0.4 is 5.73 Å². The summed E-state index contributed by atoms with van der Waals surface area (Å²) in [5.41, 5.74) is 6.38. The standard InChI is InChI=1S/C13H18N2S/c1-10-6-4-5-7-12(10)16-11(2)8-13(3,15)9-14/h4-7,11H,8,15H2,1-3H3. The molecule has 0 aliphatic carbocycles. The van der Waals surface area contributed by atoms with Gasteiger partial charge in [0, 0.05) is 10.1 Å². The summed E-state index contributed by atoms with van der Waals surface area (Å²) < 4.78 is 0. The Balaban J connectivity index is 2.63. The van der Waals surface area contributed by atoms with Crippen molar-refractivity contribution in [2.45, 2.75) is 42.9 Å². The third-order valence-corrected chi connectivity index (χ3v) is 3.67. The van der Waals surface area contributed by atoms with Gasteiger partial charge in [0.25, 0.3) is 0 Å². The molecule has 2 unspecified atom stereocenters. The quantitative estimate of drug-likeness (QED) is 0.814. The average molecular weight is 234 g/mol. The first-order valence-electron chi connectivity index (χ1n) is 5.37. The van der Waals surface area contributed by atoms with E-state index in [-0.39, 0.29) is 0 Å². The van der Waals surface area contributed by atoms with E-state index in [1.807, 2.05) is 12.1 Å². The van der Waals surface area contributed by atoms with Crippen LogP contribution in [-0.2, 0) is 0 Å². The first kappa shape index (κ1) is 13.1. The second-order valence-corrected chi connectivity index (χ2v) is 5.91. The molecule has 0 aliphatic heterocycles. The van der Waals surface area contributed by atoms with E-state index < -0.39 is 5.54 Å². The fraction of sp³-hybridized carbons (Fsp3) is 0.462. The van der Waals surface area contributed by atoms with Gasteiger partial charge in [-0.2, -0.15) is 5.26 Å². The Kier molecular flexibility index (Phi) is 4.40. The Morgan fingerprint density at radius 2 is 2.12 bits per heavy atom. The second-order valence-electron chi connectivity index (χ2n) is 4.43. The van der Waals surface area contributed by atoms with Gasteiger partial charge in [-0.3, -0.25) is 0 Å². The van der Waals surface area contributed by atoms with Gasteiger partial charge in [-0.25, -0.2) is 0 Å². The van der Waals surface area contributed by atoms with Crippen molar-refractivity contribution in [2.24, 2.45) is 5.73 Å². The number of hydrogen-bond acceptors (Lipinski definition) is 3. The maximum atomic E-state index is 8.88. The summed E-state index contributed by atoms with van der Waals surface area (Å²) >= 11 is 1.78. The number of nitrogens with two attached hydrogens (primary N) is 1. The van der Waals surface area contributed by atoms with Gasteiger partial charge in [0.15, 0.2) is 0 Å². The maximum absolute atomic E-state index is 8.88. The predicted octanol–water partition coefficient (Wildman–Crippen LogP) is 3.11. The van der Waals surface area contributed by atoms with E-state index in [4.69, 9.17) is 11.0 Å². The van der Waals surface area contributed by atoms with Crippen LogP contribution in [0.2, 0.25) is 0 Å². The van der Waals surface area contributed by atoms with E-state index >= 15 is 0 Å². The molecule has 86 valence electrons. The van der Waals surface area contributed by atoms with Crippen LogP contribution in [0.15, 0.2) is 29.2 Å². The van der Waals surface area contributed by atoms with Crippen LogP contribution in [0.5, 0.6) is 0 Å². The predicted molar refractivity (Wildman–Crippen MR) is 69.3 cm³/mol. The maximum Gasteiger partial charge on any atom is 0.102 e. The summed E-state index contributed by atoms with van der Waals surface area (Å²) in [7, 11) is 0. The van der Waals surface area contributed by atoms with Crippen molar-refractivity contribution in [3.05, 3.63) is 29.8 Å². The van der Waals surface area contributed by atoms with Crippen LogP contribution in [0.1, 0.15) is 25.8 Å². The van der Waals surface area contributed by atoms with Gasteiger partial charge in [-0.1, -0.05) is 25.1 Å². The van der Waals surface area contributed by atoms with Gasteiger partial charge in [-0.15, -0.1) is 11.8 Å². The van der Waals surface area contributed by atoms with Gasteiger partial charge in [0.05, 0.1) is 6.07 Å². The van der Waals surface area contributed by atoms with E-state index in [0.29, 0.717) is 11.7 Å². The molecule has 0 aromatic heterocycles. The Morgan fingerprint density at radius 1 is 1.50 bits per heavy atom. The summed E-state index contributed by atoms with van der Waals surface area (Å²) in [6.45, 7) is 5.99. The minimum absolute atomic E-state index is 0.343. The lowest BCUT2D eigenvalue weighted by Gasteiger charge is -2.20. The second kappa shape index (κ2) is 5.38. The Labute approximate surface area is 102 Å².